The number of benzene rings is 1. The number of aromatic nitrogens is 2. The van der Waals surface area contributed by atoms with Gasteiger partial charge < -0.3 is 10.1 Å². The Morgan fingerprint density at radius 3 is 2.43 bits per heavy atom. The number of hydrogen-bond acceptors (Lipinski definition) is 3. The molecule has 0 amide bonds. The normalized spacial score (nSPS) is 11.7. The minimum Gasteiger partial charge on any atom is -0.453 e. The Labute approximate surface area is 127 Å². The fourth-order valence-corrected chi connectivity index (χ4v) is 2.12. The Hall–Kier alpha value is -1.81. The number of nitrogens with zero attached hydrogens (tertiary/aromatic N) is 2. The molecular weight excluding hydrogens is 262 g/mol. The van der Waals surface area contributed by atoms with Gasteiger partial charge in [-0.2, -0.15) is 5.10 Å². The summed E-state index contributed by atoms with van der Waals surface area (Å²) >= 11 is 0. The zero-order valence-electron chi connectivity index (χ0n) is 13.8. The largest absolute Gasteiger partial charge is 0.453 e. The van der Waals surface area contributed by atoms with Gasteiger partial charge in [0.05, 0.1) is 5.69 Å². The molecule has 21 heavy (non-hydrogen) atoms. The highest BCUT2D eigenvalue weighted by atomic mass is 16.5. The van der Waals surface area contributed by atoms with Crippen LogP contribution in [0.5, 0.6) is 11.5 Å². The van der Waals surface area contributed by atoms with Gasteiger partial charge in [0.25, 0.3) is 0 Å². The highest BCUT2D eigenvalue weighted by Crippen LogP contribution is 2.30. The molecule has 0 radical (unpaired) electrons. The first-order valence-electron chi connectivity index (χ1n) is 7.29. The van der Waals surface area contributed by atoms with Crippen LogP contribution in [0, 0.1) is 13.8 Å². The highest BCUT2D eigenvalue weighted by molar-refractivity contribution is 5.41. The van der Waals surface area contributed by atoms with Crippen molar-refractivity contribution in [3.8, 4) is 11.5 Å². The van der Waals surface area contributed by atoms with Gasteiger partial charge >= 0.3 is 0 Å². The second-order valence-corrected chi connectivity index (χ2v) is 6.44. The fourth-order valence-electron chi connectivity index (χ4n) is 2.12. The maximum absolute atomic E-state index is 6.13. The number of nitrogens with one attached hydrogen (secondary N) is 1. The van der Waals surface area contributed by atoms with Crippen molar-refractivity contribution in [1.29, 1.82) is 0 Å². The van der Waals surface area contributed by atoms with E-state index >= 15 is 0 Å². The predicted molar refractivity (Wildman–Crippen MR) is 85.8 cm³/mol. The zero-order chi connectivity index (χ0) is 15.6. The van der Waals surface area contributed by atoms with Crippen molar-refractivity contribution in [1.82, 2.24) is 15.1 Å². The van der Waals surface area contributed by atoms with Crippen LogP contribution in [0.25, 0.3) is 0 Å². The van der Waals surface area contributed by atoms with Gasteiger partial charge in [-0.25, -0.2) is 0 Å². The molecule has 0 unspecified atom stereocenters. The summed E-state index contributed by atoms with van der Waals surface area (Å²) in [5.74, 6) is 1.73. The van der Waals surface area contributed by atoms with Crippen LogP contribution in [0.3, 0.4) is 0 Å². The van der Waals surface area contributed by atoms with E-state index in [-0.39, 0.29) is 5.54 Å². The summed E-state index contributed by atoms with van der Waals surface area (Å²) in [6.45, 7) is 11.2. The molecule has 0 fully saturated rings. The number of hydrogen-bond donors (Lipinski definition) is 1. The molecule has 1 aromatic heterocycles. The van der Waals surface area contributed by atoms with Crippen LogP contribution < -0.4 is 10.1 Å². The van der Waals surface area contributed by atoms with Crippen molar-refractivity contribution in [2.45, 2.75) is 46.7 Å². The van der Waals surface area contributed by atoms with Gasteiger partial charge in [0, 0.05) is 24.7 Å². The van der Waals surface area contributed by atoms with Crippen molar-refractivity contribution in [2.75, 3.05) is 0 Å². The minimum absolute atomic E-state index is 0.0766. The van der Waals surface area contributed by atoms with Crippen molar-refractivity contribution >= 4 is 0 Å². The van der Waals surface area contributed by atoms with Gasteiger partial charge in [-0.1, -0.05) is 18.2 Å². The van der Waals surface area contributed by atoms with Crippen LogP contribution in [0.15, 0.2) is 24.3 Å². The Morgan fingerprint density at radius 2 is 1.86 bits per heavy atom. The van der Waals surface area contributed by atoms with Gasteiger partial charge in [0.15, 0.2) is 5.75 Å². The molecule has 2 aromatic rings. The van der Waals surface area contributed by atoms with Crippen molar-refractivity contribution in [3.63, 3.8) is 0 Å². The van der Waals surface area contributed by atoms with Crippen molar-refractivity contribution in [2.24, 2.45) is 7.05 Å². The molecule has 1 aromatic carbocycles. The van der Waals surface area contributed by atoms with Gasteiger partial charge in [-0.05, 0) is 40.7 Å². The Bertz CT molecular complexity index is 623. The van der Waals surface area contributed by atoms with Gasteiger partial charge in [0.1, 0.15) is 11.4 Å². The molecule has 0 aliphatic carbocycles. The topological polar surface area (TPSA) is 39.1 Å². The molecule has 2 rings (SSSR count). The average molecular weight is 287 g/mol. The van der Waals surface area contributed by atoms with E-state index in [1.54, 1.807) is 0 Å². The third kappa shape index (κ3) is 3.85. The molecule has 0 bridgehead atoms. The minimum atomic E-state index is 0.0766. The highest BCUT2D eigenvalue weighted by Gasteiger charge is 2.15. The first kappa shape index (κ1) is 15.6. The number of aryl methyl sites for hydroxylation is 2. The first-order chi connectivity index (χ1) is 9.78. The molecule has 114 valence electrons. The summed E-state index contributed by atoms with van der Waals surface area (Å²) in [5.41, 5.74) is 3.17. The van der Waals surface area contributed by atoms with E-state index in [1.165, 1.54) is 0 Å². The van der Waals surface area contributed by atoms with Crippen molar-refractivity contribution in [3.05, 3.63) is 41.2 Å². The molecule has 1 heterocycles. The molecule has 0 saturated heterocycles. The van der Waals surface area contributed by atoms with Gasteiger partial charge in [-0.15, -0.1) is 0 Å². The van der Waals surface area contributed by atoms with E-state index in [0.717, 1.165) is 35.0 Å². The van der Waals surface area contributed by atoms with Crippen LogP contribution in [-0.2, 0) is 13.6 Å². The quantitative estimate of drug-likeness (QED) is 0.931. The lowest BCUT2D eigenvalue weighted by atomic mass is 10.1. The maximum atomic E-state index is 6.13. The molecule has 0 atom stereocenters. The molecule has 1 N–H and O–H groups in total. The molecular formula is C17H25N3O. The molecule has 0 aliphatic heterocycles. The summed E-state index contributed by atoms with van der Waals surface area (Å²) in [7, 11) is 1.93. The lowest BCUT2D eigenvalue weighted by molar-refractivity contribution is 0.413. The van der Waals surface area contributed by atoms with Crippen molar-refractivity contribution < 1.29 is 4.74 Å². The van der Waals surface area contributed by atoms with E-state index in [2.05, 4.69) is 37.3 Å². The molecule has 4 nitrogen and oxygen atoms in total. The molecule has 0 spiro atoms. The second kappa shape index (κ2) is 5.90. The molecule has 0 saturated carbocycles. The predicted octanol–water partition coefficient (Wildman–Crippen LogP) is 3.72. The first-order valence-corrected chi connectivity index (χ1v) is 7.29. The smallest absolute Gasteiger partial charge is 0.171 e. The molecule has 4 heteroatoms. The SMILES string of the molecule is Cc1nn(C)c(C)c1Oc1ccccc1CNC(C)(C)C. The summed E-state index contributed by atoms with van der Waals surface area (Å²) in [5, 5.41) is 7.90. The van der Waals surface area contributed by atoms with Crippen LogP contribution in [0.1, 0.15) is 37.7 Å². The number of rotatable bonds is 4. The lowest BCUT2D eigenvalue weighted by Crippen LogP contribution is -2.35. The third-order valence-electron chi connectivity index (χ3n) is 3.44. The third-order valence-corrected chi connectivity index (χ3v) is 3.44. The van der Waals surface area contributed by atoms with Crippen LogP contribution in [0.4, 0.5) is 0 Å². The summed E-state index contributed by atoms with van der Waals surface area (Å²) in [6.07, 6.45) is 0. The van der Waals surface area contributed by atoms with Crippen LogP contribution in [-0.4, -0.2) is 15.3 Å². The maximum Gasteiger partial charge on any atom is 0.171 e. The lowest BCUT2D eigenvalue weighted by Gasteiger charge is -2.21. The van der Waals surface area contributed by atoms with E-state index in [4.69, 9.17) is 4.74 Å². The van der Waals surface area contributed by atoms with Crippen LogP contribution in [0.2, 0.25) is 0 Å². The number of para-hydroxylation sites is 1. The van der Waals surface area contributed by atoms with Gasteiger partial charge in [0.2, 0.25) is 0 Å². The summed E-state index contributed by atoms with van der Waals surface area (Å²) < 4.78 is 7.98. The van der Waals surface area contributed by atoms with E-state index in [9.17, 15) is 0 Å². The molecule has 0 aliphatic rings. The Balaban J connectivity index is 2.24. The number of ether oxygens (including phenoxy) is 1. The standard InChI is InChI=1S/C17H25N3O/c1-12-16(13(2)20(6)19-12)21-15-10-8-7-9-14(15)11-18-17(3,4)5/h7-10,18H,11H2,1-6H3. The van der Waals surface area contributed by atoms with E-state index in [0.29, 0.717) is 0 Å². The Kier molecular flexibility index (Phi) is 4.37. The summed E-state index contributed by atoms with van der Waals surface area (Å²) in [6, 6.07) is 8.13. The second-order valence-electron chi connectivity index (χ2n) is 6.44. The zero-order valence-corrected chi connectivity index (χ0v) is 13.8. The van der Waals surface area contributed by atoms with E-state index in [1.807, 2.05) is 43.8 Å². The van der Waals surface area contributed by atoms with Crippen LogP contribution >= 0.6 is 0 Å². The average Bonchev–Trinajstić information content (AvgIpc) is 2.63. The summed E-state index contributed by atoms with van der Waals surface area (Å²) in [4.78, 5) is 0. The Morgan fingerprint density at radius 1 is 1.19 bits per heavy atom. The van der Waals surface area contributed by atoms with E-state index < -0.39 is 0 Å². The monoisotopic (exact) mass is 287 g/mol. The van der Waals surface area contributed by atoms with Gasteiger partial charge in [-0.3, -0.25) is 4.68 Å². The fraction of sp³-hybridized carbons (Fsp3) is 0.471.